The molecule has 6 heteroatoms. The molecular formula is C18H15N3O3. The van der Waals surface area contributed by atoms with Crippen LogP contribution >= 0.6 is 0 Å². The Hall–Kier alpha value is -3.15. The van der Waals surface area contributed by atoms with Crippen LogP contribution in [0.1, 0.15) is 11.6 Å². The van der Waals surface area contributed by atoms with Gasteiger partial charge in [-0.05, 0) is 31.2 Å². The summed E-state index contributed by atoms with van der Waals surface area (Å²) < 4.78 is 8.57. The molecule has 0 aliphatic carbocycles. The Morgan fingerprint density at radius 1 is 1.12 bits per heavy atom. The second kappa shape index (κ2) is 5.19. The number of pyridine rings is 1. The van der Waals surface area contributed by atoms with E-state index in [-0.39, 0.29) is 22.9 Å². The fraction of sp³-hybridized carbons (Fsp3) is 0.167. The molecule has 0 amide bonds. The molecule has 0 unspecified atom stereocenters. The van der Waals surface area contributed by atoms with Gasteiger partial charge >= 0.3 is 0 Å². The Bertz CT molecular complexity index is 1180. The number of para-hydroxylation sites is 1. The Morgan fingerprint density at radius 2 is 1.92 bits per heavy atom. The van der Waals surface area contributed by atoms with Crippen molar-refractivity contribution in [2.24, 2.45) is 7.05 Å². The lowest BCUT2D eigenvalue weighted by Crippen LogP contribution is -2.29. The summed E-state index contributed by atoms with van der Waals surface area (Å²) in [7, 11) is 1.81. The zero-order valence-corrected chi connectivity index (χ0v) is 13.3. The van der Waals surface area contributed by atoms with E-state index < -0.39 is 0 Å². The van der Waals surface area contributed by atoms with Gasteiger partial charge < -0.3 is 8.98 Å². The van der Waals surface area contributed by atoms with E-state index >= 15 is 0 Å². The first-order valence-corrected chi connectivity index (χ1v) is 7.59. The average Bonchev–Trinajstić information content (AvgIpc) is 3.09. The molecule has 0 atom stereocenters. The monoisotopic (exact) mass is 321 g/mol. The van der Waals surface area contributed by atoms with Gasteiger partial charge in [0.2, 0.25) is 5.43 Å². The maximum absolute atomic E-state index is 13.0. The first kappa shape index (κ1) is 14.4. The molecule has 4 rings (SSSR count). The van der Waals surface area contributed by atoms with Gasteiger partial charge in [-0.15, -0.1) is 0 Å². The minimum absolute atomic E-state index is 0.105. The first-order valence-electron chi connectivity index (χ1n) is 7.59. The van der Waals surface area contributed by atoms with Gasteiger partial charge in [0.25, 0.3) is 5.56 Å². The maximum atomic E-state index is 13.0. The highest BCUT2D eigenvalue weighted by Gasteiger charge is 2.17. The number of furan rings is 1. The third kappa shape index (κ3) is 2.00. The molecule has 0 bridgehead atoms. The van der Waals surface area contributed by atoms with Crippen molar-refractivity contribution in [2.45, 2.75) is 13.5 Å². The molecule has 3 aromatic heterocycles. The first-order chi connectivity index (χ1) is 11.6. The number of hydrogen-bond acceptors (Lipinski definition) is 4. The van der Waals surface area contributed by atoms with Gasteiger partial charge in [-0.1, -0.05) is 12.1 Å². The zero-order valence-electron chi connectivity index (χ0n) is 13.3. The third-order valence-corrected chi connectivity index (χ3v) is 4.29. The number of aromatic nitrogens is 3. The zero-order chi connectivity index (χ0) is 16.8. The summed E-state index contributed by atoms with van der Waals surface area (Å²) in [6, 6.07) is 10.8. The number of rotatable bonds is 2. The lowest BCUT2D eigenvalue weighted by atomic mass is 10.1. The summed E-state index contributed by atoms with van der Waals surface area (Å²) >= 11 is 0. The fourth-order valence-electron chi connectivity index (χ4n) is 3.04. The molecule has 1 aromatic carbocycles. The Balaban J connectivity index is 2.12. The fourth-order valence-corrected chi connectivity index (χ4v) is 3.04. The number of nitrogens with zero attached hydrogens (tertiary/aromatic N) is 3. The molecule has 0 spiro atoms. The van der Waals surface area contributed by atoms with E-state index in [1.165, 1.54) is 4.57 Å². The van der Waals surface area contributed by atoms with Crippen molar-refractivity contribution in [2.75, 3.05) is 0 Å². The SMILES string of the molecule is Cc1nc2c(c(=O)c3ccccc3n2C)c(=O)n1Cc1ccco1. The van der Waals surface area contributed by atoms with Crippen LogP contribution in [0.3, 0.4) is 0 Å². The molecule has 0 radical (unpaired) electrons. The summed E-state index contributed by atoms with van der Waals surface area (Å²) in [5, 5.41) is 0.619. The third-order valence-electron chi connectivity index (χ3n) is 4.29. The maximum Gasteiger partial charge on any atom is 0.267 e. The largest absolute Gasteiger partial charge is 0.467 e. The van der Waals surface area contributed by atoms with Crippen molar-refractivity contribution in [1.29, 1.82) is 0 Å². The quantitative estimate of drug-likeness (QED) is 0.531. The molecule has 4 aromatic rings. The Morgan fingerprint density at radius 3 is 2.67 bits per heavy atom. The second-order valence-electron chi connectivity index (χ2n) is 5.73. The molecule has 6 nitrogen and oxygen atoms in total. The standard InChI is InChI=1S/C18H15N3O3/c1-11-19-17-15(18(23)21(11)10-12-6-5-9-24-12)16(22)13-7-3-4-8-14(13)20(17)2/h3-9H,10H2,1-2H3. The van der Waals surface area contributed by atoms with E-state index in [2.05, 4.69) is 4.98 Å². The van der Waals surface area contributed by atoms with Crippen LogP contribution in [-0.2, 0) is 13.6 Å². The van der Waals surface area contributed by atoms with Crippen LogP contribution in [0.4, 0.5) is 0 Å². The molecule has 0 saturated heterocycles. The van der Waals surface area contributed by atoms with Gasteiger partial charge in [0, 0.05) is 12.4 Å². The van der Waals surface area contributed by atoms with Gasteiger partial charge in [-0.3, -0.25) is 14.2 Å². The van der Waals surface area contributed by atoms with Crippen molar-refractivity contribution >= 4 is 21.9 Å². The van der Waals surface area contributed by atoms with Gasteiger partial charge in [0.15, 0.2) is 5.65 Å². The summed E-state index contributed by atoms with van der Waals surface area (Å²) in [4.78, 5) is 30.3. The molecule has 24 heavy (non-hydrogen) atoms. The number of hydrogen-bond donors (Lipinski definition) is 0. The molecule has 0 aliphatic heterocycles. The number of fused-ring (bicyclic) bond motifs is 2. The minimum Gasteiger partial charge on any atom is -0.467 e. The van der Waals surface area contributed by atoms with Crippen molar-refractivity contribution in [3.8, 4) is 0 Å². The topological polar surface area (TPSA) is 70.0 Å². The van der Waals surface area contributed by atoms with Gasteiger partial charge in [0.1, 0.15) is 17.0 Å². The van der Waals surface area contributed by atoms with E-state index in [1.807, 2.05) is 19.2 Å². The van der Waals surface area contributed by atoms with E-state index in [4.69, 9.17) is 4.42 Å². The van der Waals surface area contributed by atoms with Crippen LogP contribution in [0, 0.1) is 6.92 Å². The molecule has 0 fully saturated rings. The Labute approximate surface area is 136 Å². The Kier molecular flexibility index (Phi) is 3.13. The van der Waals surface area contributed by atoms with E-state index in [0.717, 1.165) is 5.52 Å². The van der Waals surface area contributed by atoms with Crippen molar-refractivity contribution in [3.05, 3.63) is 74.8 Å². The second-order valence-corrected chi connectivity index (χ2v) is 5.73. The van der Waals surface area contributed by atoms with Crippen molar-refractivity contribution < 1.29 is 4.42 Å². The van der Waals surface area contributed by atoms with Gasteiger partial charge in [-0.25, -0.2) is 4.98 Å². The van der Waals surface area contributed by atoms with Crippen molar-refractivity contribution in [3.63, 3.8) is 0 Å². The van der Waals surface area contributed by atoms with E-state index in [9.17, 15) is 9.59 Å². The molecule has 0 aliphatic rings. The average molecular weight is 321 g/mol. The van der Waals surface area contributed by atoms with Crippen LogP contribution in [0.2, 0.25) is 0 Å². The van der Waals surface area contributed by atoms with Gasteiger partial charge in [0.05, 0.1) is 18.3 Å². The number of benzene rings is 1. The van der Waals surface area contributed by atoms with Gasteiger partial charge in [-0.2, -0.15) is 0 Å². The molecular weight excluding hydrogens is 306 g/mol. The summed E-state index contributed by atoms with van der Waals surface area (Å²) in [5.41, 5.74) is 0.520. The lowest BCUT2D eigenvalue weighted by molar-refractivity contribution is 0.485. The van der Waals surface area contributed by atoms with E-state index in [0.29, 0.717) is 22.6 Å². The number of aryl methyl sites for hydroxylation is 2. The summed E-state index contributed by atoms with van der Waals surface area (Å²) in [6.45, 7) is 2.00. The van der Waals surface area contributed by atoms with Crippen molar-refractivity contribution in [1.82, 2.24) is 14.1 Å². The normalized spacial score (nSPS) is 11.4. The smallest absolute Gasteiger partial charge is 0.267 e. The minimum atomic E-state index is -0.347. The van der Waals surface area contributed by atoms with Crippen LogP contribution in [0.5, 0.6) is 0 Å². The van der Waals surface area contributed by atoms with E-state index in [1.54, 1.807) is 42.0 Å². The summed E-state index contributed by atoms with van der Waals surface area (Å²) in [5.74, 6) is 1.17. The molecule has 3 heterocycles. The molecule has 0 saturated carbocycles. The predicted molar refractivity (Wildman–Crippen MR) is 91.3 cm³/mol. The van der Waals surface area contributed by atoms with Crippen LogP contribution in [-0.4, -0.2) is 14.1 Å². The highest BCUT2D eigenvalue weighted by molar-refractivity contribution is 5.91. The highest BCUT2D eigenvalue weighted by atomic mass is 16.3. The van der Waals surface area contributed by atoms with Crippen LogP contribution < -0.4 is 11.0 Å². The molecule has 120 valence electrons. The van der Waals surface area contributed by atoms with Crippen LogP contribution in [0.25, 0.3) is 21.9 Å². The summed E-state index contributed by atoms with van der Waals surface area (Å²) in [6.07, 6.45) is 1.55. The van der Waals surface area contributed by atoms with Crippen LogP contribution in [0.15, 0.2) is 56.7 Å². The molecule has 0 N–H and O–H groups in total. The predicted octanol–water partition coefficient (Wildman–Crippen LogP) is 2.20. The highest BCUT2D eigenvalue weighted by Crippen LogP contribution is 2.15. The lowest BCUT2D eigenvalue weighted by Gasteiger charge is -2.13.